The third-order valence-electron chi connectivity index (χ3n) is 3.48. The predicted molar refractivity (Wildman–Crippen MR) is 92.9 cm³/mol. The van der Waals surface area contributed by atoms with Crippen molar-refractivity contribution in [3.8, 4) is 0 Å². The van der Waals surface area contributed by atoms with Crippen molar-refractivity contribution in [1.29, 1.82) is 0 Å². The van der Waals surface area contributed by atoms with Crippen LogP contribution in [0.4, 0.5) is 5.82 Å². The van der Waals surface area contributed by atoms with Gasteiger partial charge in [-0.3, -0.25) is 0 Å². The van der Waals surface area contributed by atoms with Crippen molar-refractivity contribution in [2.45, 2.75) is 46.1 Å². The van der Waals surface area contributed by atoms with Crippen LogP contribution in [0.5, 0.6) is 0 Å². The van der Waals surface area contributed by atoms with Crippen molar-refractivity contribution in [3.05, 3.63) is 16.8 Å². The van der Waals surface area contributed by atoms with Crippen LogP contribution in [0.2, 0.25) is 0 Å². The van der Waals surface area contributed by atoms with Gasteiger partial charge in [0.2, 0.25) is 0 Å². The molecule has 0 saturated carbocycles. The van der Waals surface area contributed by atoms with E-state index in [1.54, 1.807) is 0 Å². The zero-order chi connectivity index (χ0) is 16.0. The van der Waals surface area contributed by atoms with Gasteiger partial charge in [-0.05, 0) is 52.4 Å². The topological polar surface area (TPSA) is 67.1 Å². The fourth-order valence-corrected chi connectivity index (χ4v) is 2.52. The number of anilines is 1. The third-order valence-corrected chi connectivity index (χ3v) is 3.69. The second-order valence-corrected chi connectivity index (χ2v) is 6.00. The Morgan fingerprint density at radius 1 is 1.29 bits per heavy atom. The molecule has 0 bridgehead atoms. The highest BCUT2D eigenvalue weighted by molar-refractivity contribution is 7.80. The van der Waals surface area contributed by atoms with Crippen molar-refractivity contribution in [2.24, 2.45) is 5.73 Å². The van der Waals surface area contributed by atoms with Gasteiger partial charge in [-0.25, -0.2) is 0 Å². The summed E-state index contributed by atoms with van der Waals surface area (Å²) in [5.74, 6) is 0.711. The van der Waals surface area contributed by atoms with Gasteiger partial charge in [0.25, 0.3) is 0 Å². The summed E-state index contributed by atoms with van der Waals surface area (Å²) in [5, 5.41) is 12.0. The summed E-state index contributed by atoms with van der Waals surface area (Å²) in [7, 11) is 4.14. The van der Waals surface area contributed by atoms with Crippen LogP contribution in [0.25, 0.3) is 0 Å². The smallest absolute Gasteiger partial charge is 0.159 e. The highest BCUT2D eigenvalue weighted by Crippen LogP contribution is 2.21. The summed E-state index contributed by atoms with van der Waals surface area (Å²) < 4.78 is 0. The minimum absolute atomic E-state index is 0.284. The standard InChI is InChI=1S/C15H27N5S/c1-6-11-12(7-2)18-19-15(13(11)14(16)21)17-10(3)8-9-20(4)5/h10H,6-9H2,1-5H3,(H2,16,21)(H,17,19). The SMILES string of the molecule is CCc1nnc(NC(C)CCN(C)C)c(C(N)=S)c1CC. The lowest BCUT2D eigenvalue weighted by Crippen LogP contribution is -2.26. The molecule has 1 aromatic heterocycles. The molecule has 0 aromatic carbocycles. The molecule has 1 unspecified atom stereocenters. The number of hydrogen-bond acceptors (Lipinski definition) is 5. The number of thiocarbonyl (C=S) groups is 1. The molecule has 5 nitrogen and oxygen atoms in total. The maximum Gasteiger partial charge on any atom is 0.159 e. The van der Waals surface area contributed by atoms with Gasteiger partial charge in [0.15, 0.2) is 5.82 Å². The van der Waals surface area contributed by atoms with Gasteiger partial charge in [-0.2, -0.15) is 5.10 Å². The fraction of sp³-hybridized carbons (Fsp3) is 0.667. The second kappa shape index (κ2) is 8.24. The molecule has 1 heterocycles. The number of aryl methyl sites for hydroxylation is 1. The summed E-state index contributed by atoms with van der Waals surface area (Å²) in [6.07, 6.45) is 2.71. The molecule has 0 amide bonds. The van der Waals surface area contributed by atoms with Crippen molar-refractivity contribution >= 4 is 23.0 Å². The van der Waals surface area contributed by atoms with Gasteiger partial charge in [0.1, 0.15) is 4.99 Å². The second-order valence-electron chi connectivity index (χ2n) is 5.56. The Balaban J connectivity index is 3.04. The van der Waals surface area contributed by atoms with E-state index < -0.39 is 0 Å². The maximum atomic E-state index is 5.93. The maximum absolute atomic E-state index is 5.93. The summed E-state index contributed by atoms with van der Waals surface area (Å²) in [6, 6.07) is 0.284. The summed E-state index contributed by atoms with van der Waals surface area (Å²) >= 11 is 5.23. The molecule has 1 rings (SSSR count). The molecular formula is C15H27N5S. The molecule has 3 N–H and O–H groups in total. The normalized spacial score (nSPS) is 12.5. The monoisotopic (exact) mass is 309 g/mol. The van der Waals surface area contributed by atoms with E-state index in [0.717, 1.165) is 42.6 Å². The van der Waals surface area contributed by atoms with Gasteiger partial charge in [-0.15, -0.1) is 5.10 Å². The lowest BCUT2D eigenvalue weighted by atomic mass is 10.0. The van der Waals surface area contributed by atoms with Gasteiger partial charge in [0.05, 0.1) is 11.3 Å². The Morgan fingerprint density at radius 3 is 2.43 bits per heavy atom. The number of nitrogens with one attached hydrogen (secondary N) is 1. The lowest BCUT2D eigenvalue weighted by Gasteiger charge is -2.20. The number of hydrogen-bond donors (Lipinski definition) is 2. The molecule has 0 radical (unpaired) electrons. The van der Waals surface area contributed by atoms with Crippen molar-refractivity contribution in [1.82, 2.24) is 15.1 Å². The van der Waals surface area contributed by atoms with E-state index in [1.807, 2.05) is 0 Å². The number of rotatable bonds is 8. The van der Waals surface area contributed by atoms with E-state index in [1.165, 1.54) is 0 Å². The van der Waals surface area contributed by atoms with Gasteiger partial charge in [-0.1, -0.05) is 26.1 Å². The van der Waals surface area contributed by atoms with E-state index in [0.29, 0.717) is 10.8 Å². The van der Waals surface area contributed by atoms with E-state index >= 15 is 0 Å². The highest BCUT2D eigenvalue weighted by atomic mass is 32.1. The zero-order valence-corrected chi connectivity index (χ0v) is 14.5. The number of aromatic nitrogens is 2. The first-order valence-electron chi connectivity index (χ1n) is 7.50. The Morgan fingerprint density at radius 2 is 1.95 bits per heavy atom. The van der Waals surface area contributed by atoms with Gasteiger partial charge < -0.3 is 16.0 Å². The Labute approximate surface area is 133 Å². The minimum atomic E-state index is 0.284. The lowest BCUT2D eigenvalue weighted by molar-refractivity contribution is 0.390. The molecule has 6 heteroatoms. The first kappa shape index (κ1) is 17.8. The van der Waals surface area contributed by atoms with Crippen LogP contribution in [-0.4, -0.2) is 46.8 Å². The van der Waals surface area contributed by atoms with Gasteiger partial charge >= 0.3 is 0 Å². The molecule has 118 valence electrons. The molecule has 0 aliphatic heterocycles. The van der Waals surface area contributed by atoms with Crippen LogP contribution in [0.3, 0.4) is 0 Å². The van der Waals surface area contributed by atoms with Crippen LogP contribution in [0.15, 0.2) is 0 Å². The summed E-state index contributed by atoms with van der Waals surface area (Å²) in [6.45, 7) is 7.31. The van der Waals surface area contributed by atoms with E-state index in [2.05, 4.69) is 55.3 Å². The molecule has 0 spiro atoms. The Bertz CT molecular complexity index is 487. The first-order chi connectivity index (χ1) is 9.90. The predicted octanol–water partition coefficient (Wildman–Crippen LogP) is 1.99. The molecule has 21 heavy (non-hydrogen) atoms. The number of nitrogens with zero attached hydrogens (tertiary/aromatic N) is 3. The third kappa shape index (κ3) is 4.89. The van der Waals surface area contributed by atoms with Crippen molar-refractivity contribution in [2.75, 3.05) is 26.0 Å². The van der Waals surface area contributed by atoms with Crippen LogP contribution in [0.1, 0.15) is 44.0 Å². The zero-order valence-electron chi connectivity index (χ0n) is 13.7. The molecule has 1 aromatic rings. The van der Waals surface area contributed by atoms with Crippen molar-refractivity contribution < 1.29 is 0 Å². The Kier molecular flexibility index (Phi) is 6.98. The van der Waals surface area contributed by atoms with Crippen molar-refractivity contribution in [3.63, 3.8) is 0 Å². The largest absolute Gasteiger partial charge is 0.389 e. The average Bonchev–Trinajstić information content (AvgIpc) is 2.44. The van der Waals surface area contributed by atoms with Gasteiger partial charge in [0, 0.05) is 6.04 Å². The summed E-state index contributed by atoms with van der Waals surface area (Å²) in [4.78, 5) is 2.55. The quantitative estimate of drug-likeness (QED) is 0.716. The van der Waals surface area contributed by atoms with Crippen LogP contribution < -0.4 is 11.1 Å². The molecular weight excluding hydrogens is 282 g/mol. The van der Waals surface area contributed by atoms with Crippen LogP contribution in [0, 0.1) is 0 Å². The minimum Gasteiger partial charge on any atom is -0.389 e. The fourth-order valence-electron chi connectivity index (χ4n) is 2.30. The highest BCUT2D eigenvalue weighted by Gasteiger charge is 2.17. The summed E-state index contributed by atoms with van der Waals surface area (Å²) in [5.41, 5.74) is 8.88. The first-order valence-corrected chi connectivity index (χ1v) is 7.90. The number of nitrogens with two attached hydrogens (primary N) is 1. The van der Waals surface area contributed by atoms with Crippen LogP contribution >= 0.6 is 12.2 Å². The molecule has 0 saturated heterocycles. The molecule has 0 fully saturated rings. The molecule has 0 aliphatic carbocycles. The van der Waals surface area contributed by atoms with E-state index in [9.17, 15) is 0 Å². The van der Waals surface area contributed by atoms with E-state index in [-0.39, 0.29) is 6.04 Å². The van der Waals surface area contributed by atoms with E-state index in [4.69, 9.17) is 18.0 Å². The Hall–Kier alpha value is -1.27. The average molecular weight is 309 g/mol. The molecule has 0 aliphatic rings. The molecule has 1 atom stereocenters. The van der Waals surface area contributed by atoms with Crippen LogP contribution in [-0.2, 0) is 12.8 Å².